The molecule has 106 valence electrons. The van der Waals surface area contributed by atoms with Crippen molar-refractivity contribution in [1.82, 2.24) is 0 Å². The summed E-state index contributed by atoms with van der Waals surface area (Å²) in [5.74, 6) is 0. The molecule has 0 bridgehead atoms. The Morgan fingerprint density at radius 1 is 0.533 bits per heavy atom. The third kappa shape index (κ3) is 792. The van der Waals surface area contributed by atoms with Crippen LogP contribution in [0.5, 0.6) is 0 Å². The summed E-state index contributed by atoms with van der Waals surface area (Å²) in [6.45, 7) is 0. The molecule has 0 saturated heterocycles. The van der Waals surface area contributed by atoms with Crippen LogP contribution in [0.3, 0.4) is 0 Å². The van der Waals surface area contributed by atoms with Gasteiger partial charge in [-0.15, -0.1) is 0 Å². The van der Waals surface area contributed by atoms with E-state index >= 15 is 0 Å². The minimum atomic E-state index is -1.75. The molecule has 0 radical (unpaired) electrons. The number of rotatable bonds is 0. The van der Waals surface area contributed by atoms with Gasteiger partial charge in [0, 0.05) is 16.5 Å². The molecule has 0 aromatic rings. The smallest absolute Gasteiger partial charge is 0.0689 e. The number of hydrogen-bond acceptors (Lipinski definition) is 6. The molecule has 0 unspecified atom stereocenters. The minimum Gasteiger partial charge on any atom is -0.412 e. The molecular formula is H12N2NiO12-2. The molecule has 0 aliphatic carbocycles. The van der Waals surface area contributed by atoms with Crippen LogP contribution in [0.4, 0.5) is 0 Å². The average Bonchev–Trinajstić information content (AvgIpc) is 1.25. The van der Waals surface area contributed by atoms with E-state index in [4.69, 9.17) is 30.6 Å². The standard InChI is InChI=1S/2NO3.Ni.6H2O/c2*2-1(3)4;;;;;;;/h;;;6*1H2/q2*-1;;;;;;;. The second-order valence-corrected chi connectivity index (χ2v) is 0.447. The molecule has 0 aliphatic heterocycles. The van der Waals surface area contributed by atoms with Gasteiger partial charge >= 0.3 is 0 Å². The maximum absolute atomic E-state index is 8.25. The summed E-state index contributed by atoms with van der Waals surface area (Å²) in [6.07, 6.45) is 0. The van der Waals surface area contributed by atoms with Crippen molar-refractivity contribution in [3.8, 4) is 0 Å². The van der Waals surface area contributed by atoms with Crippen LogP contribution in [-0.2, 0) is 16.5 Å². The number of nitrogens with zero attached hydrogens (tertiary/aromatic N) is 2. The maximum Gasteiger partial charge on any atom is 0.0689 e. The summed E-state index contributed by atoms with van der Waals surface area (Å²) in [4.78, 5) is 16.5. The fraction of sp³-hybridized carbons (Fsp3) is 0. The summed E-state index contributed by atoms with van der Waals surface area (Å²) >= 11 is 0. The van der Waals surface area contributed by atoms with Gasteiger partial charge in [0.25, 0.3) is 0 Å². The van der Waals surface area contributed by atoms with Crippen molar-refractivity contribution >= 4 is 0 Å². The summed E-state index contributed by atoms with van der Waals surface area (Å²) < 4.78 is 0. The summed E-state index contributed by atoms with van der Waals surface area (Å²) in [5.41, 5.74) is 0. The second-order valence-electron chi connectivity index (χ2n) is 0.447. The van der Waals surface area contributed by atoms with Crippen molar-refractivity contribution in [2.75, 3.05) is 0 Å². The molecule has 0 aromatic carbocycles. The topological polar surface area (TPSA) is 321 Å². The van der Waals surface area contributed by atoms with Crippen molar-refractivity contribution in [3.05, 3.63) is 30.6 Å². The molecular weight excluding hydrogens is 279 g/mol. The largest absolute Gasteiger partial charge is 0.412 e. The predicted octanol–water partition coefficient (Wildman–Crippen LogP) is -5.43. The first kappa shape index (κ1) is 101. The van der Waals surface area contributed by atoms with Crippen LogP contribution in [0.25, 0.3) is 0 Å². The van der Waals surface area contributed by atoms with E-state index < -0.39 is 10.2 Å². The van der Waals surface area contributed by atoms with E-state index in [1.807, 2.05) is 0 Å². The van der Waals surface area contributed by atoms with Gasteiger partial charge in [-0.25, -0.2) is 0 Å². The molecule has 14 nitrogen and oxygen atoms in total. The molecule has 0 atom stereocenters. The van der Waals surface area contributed by atoms with Crippen LogP contribution in [0, 0.1) is 30.6 Å². The van der Waals surface area contributed by atoms with E-state index in [0.29, 0.717) is 0 Å². The Labute approximate surface area is 91.1 Å². The zero-order chi connectivity index (χ0) is 7.15. The molecule has 12 N–H and O–H groups in total. The molecule has 0 amide bonds. The third-order valence-corrected chi connectivity index (χ3v) is 0. The zero-order valence-electron chi connectivity index (χ0n) is 6.66. The SMILES string of the molecule is O.O.O.O.O.O.O=[N+]([O-])[O-].O=[N+]([O-])[O-].[Ni]. The Balaban J connectivity index is -0.00000000468. The quantitative estimate of drug-likeness (QED) is 0.237. The van der Waals surface area contributed by atoms with Crippen molar-refractivity contribution in [3.63, 3.8) is 0 Å². The van der Waals surface area contributed by atoms with E-state index in [2.05, 4.69) is 0 Å². The van der Waals surface area contributed by atoms with Crippen LogP contribution in [0.15, 0.2) is 0 Å². The molecule has 15 heavy (non-hydrogen) atoms. The van der Waals surface area contributed by atoms with Crippen LogP contribution in [0.1, 0.15) is 0 Å². The normalized spacial score (nSPS) is 3.20. The molecule has 15 heteroatoms. The zero-order valence-corrected chi connectivity index (χ0v) is 7.65. The van der Waals surface area contributed by atoms with Gasteiger partial charge in [-0.2, -0.15) is 0 Å². The molecule has 0 fully saturated rings. The Kier molecular flexibility index (Phi) is 534. The Morgan fingerprint density at radius 3 is 0.533 bits per heavy atom. The monoisotopic (exact) mass is 290 g/mol. The fourth-order valence-corrected chi connectivity index (χ4v) is 0. The predicted molar refractivity (Wildman–Crippen MR) is 42.4 cm³/mol. The van der Waals surface area contributed by atoms with E-state index in [0.717, 1.165) is 0 Å². The molecule has 0 spiro atoms. The van der Waals surface area contributed by atoms with Gasteiger partial charge < -0.3 is 63.5 Å². The Bertz CT molecular complexity index is 71.6. The van der Waals surface area contributed by atoms with E-state index in [-0.39, 0.29) is 49.3 Å². The molecule has 0 saturated carbocycles. The van der Waals surface area contributed by atoms with Gasteiger partial charge in [0.05, 0.1) is 10.2 Å². The number of hydrogen-bond donors (Lipinski definition) is 0. The van der Waals surface area contributed by atoms with Crippen LogP contribution < -0.4 is 0 Å². The summed E-state index contributed by atoms with van der Waals surface area (Å²) in [6, 6.07) is 0. The maximum atomic E-state index is 8.25. The summed E-state index contributed by atoms with van der Waals surface area (Å²) in [7, 11) is 0. The Hall–Kier alpha value is -1.35. The molecule has 0 aromatic heterocycles. The first-order valence-corrected chi connectivity index (χ1v) is 1.10. The van der Waals surface area contributed by atoms with E-state index in [1.165, 1.54) is 0 Å². The molecule has 0 aliphatic rings. The Morgan fingerprint density at radius 2 is 0.533 bits per heavy atom. The second kappa shape index (κ2) is 79.4. The summed E-state index contributed by atoms with van der Waals surface area (Å²) in [5, 5.41) is 29.5. The van der Waals surface area contributed by atoms with Crippen molar-refractivity contribution in [2.45, 2.75) is 0 Å². The minimum absolute atomic E-state index is 0. The fourth-order valence-electron chi connectivity index (χ4n) is 0. The third-order valence-electron chi connectivity index (χ3n) is 0. The van der Waals surface area contributed by atoms with Crippen molar-refractivity contribution in [1.29, 1.82) is 0 Å². The van der Waals surface area contributed by atoms with Gasteiger partial charge in [0.1, 0.15) is 0 Å². The van der Waals surface area contributed by atoms with Crippen LogP contribution >= 0.6 is 0 Å². The average molecular weight is 291 g/mol. The van der Waals surface area contributed by atoms with E-state index in [9.17, 15) is 0 Å². The van der Waals surface area contributed by atoms with Gasteiger partial charge in [-0.3, -0.25) is 0 Å². The van der Waals surface area contributed by atoms with Crippen molar-refractivity contribution < 1.29 is 59.5 Å². The first-order chi connectivity index (χ1) is 3.46. The first-order valence-electron chi connectivity index (χ1n) is 1.10. The van der Waals surface area contributed by atoms with Crippen LogP contribution in [0.2, 0.25) is 0 Å². The van der Waals surface area contributed by atoms with Gasteiger partial charge in [-0.05, 0) is 0 Å². The van der Waals surface area contributed by atoms with Crippen LogP contribution in [-0.4, -0.2) is 43.0 Å². The van der Waals surface area contributed by atoms with Crippen molar-refractivity contribution in [2.24, 2.45) is 0 Å². The van der Waals surface area contributed by atoms with Gasteiger partial charge in [0.15, 0.2) is 0 Å². The molecule has 0 rings (SSSR count). The van der Waals surface area contributed by atoms with E-state index in [1.54, 1.807) is 0 Å². The van der Waals surface area contributed by atoms with Gasteiger partial charge in [0.2, 0.25) is 0 Å². The molecule has 0 heterocycles. The van der Waals surface area contributed by atoms with Gasteiger partial charge in [-0.1, -0.05) is 0 Å².